The maximum Gasteiger partial charge on any atom is 0.0899 e. The molecule has 15 heavy (non-hydrogen) atoms. The van der Waals surface area contributed by atoms with E-state index in [0.29, 0.717) is 0 Å². The van der Waals surface area contributed by atoms with Gasteiger partial charge in [-0.15, -0.1) is 0 Å². The molecule has 3 N–H and O–H groups in total. The molecule has 1 fully saturated rings. The molecule has 0 bridgehead atoms. The van der Waals surface area contributed by atoms with Crippen LogP contribution in [0.2, 0.25) is 0 Å². The van der Waals surface area contributed by atoms with Crippen LogP contribution in [0, 0.1) is 0 Å². The van der Waals surface area contributed by atoms with E-state index in [0.717, 1.165) is 44.2 Å². The quantitative estimate of drug-likeness (QED) is 0.722. The smallest absolute Gasteiger partial charge is 0.0899 e. The summed E-state index contributed by atoms with van der Waals surface area (Å²) in [4.78, 5) is 0. The van der Waals surface area contributed by atoms with Crippen LogP contribution >= 0.6 is 0 Å². The maximum atomic E-state index is 9.98. The number of benzene rings is 1. The second-order valence-electron chi connectivity index (χ2n) is 4.48. The molecule has 0 unspecified atom stereocenters. The van der Waals surface area contributed by atoms with Gasteiger partial charge >= 0.3 is 0 Å². The van der Waals surface area contributed by atoms with Crippen LogP contribution in [0.15, 0.2) is 24.3 Å². The molecule has 0 amide bonds. The van der Waals surface area contributed by atoms with Crippen LogP contribution in [-0.2, 0) is 12.0 Å². The number of hydrogen-bond acceptors (Lipinski definition) is 2. The second kappa shape index (κ2) is 4.33. The van der Waals surface area contributed by atoms with Gasteiger partial charge in [0.25, 0.3) is 0 Å². The molecule has 0 radical (unpaired) electrons. The topological polar surface area (TPSA) is 46.2 Å². The molecule has 1 aromatic carbocycles. The zero-order chi connectivity index (χ0) is 10.7. The summed E-state index contributed by atoms with van der Waals surface area (Å²) < 4.78 is 0. The Morgan fingerprint density at radius 2 is 2.07 bits per heavy atom. The number of unbranched alkanes of at least 4 members (excludes halogenated alkanes) is 1. The van der Waals surface area contributed by atoms with E-state index in [1.807, 2.05) is 12.1 Å². The number of aryl methyl sites for hydroxylation is 1. The van der Waals surface area contributed by atoms with E-state index < -0.39 is 5.60 Å². The van der Waals surface area contributed by atoms with Gasteiger partial charge < -0.3 is 10.8 Å². The van der Waals surface area contributed by atoms with E-state index >= 15 is 0 Å². The number of aliphatic hydroxyl groups is 1. The molecule has 2 heteroatoms. The highest BCUT2D eigenvalue weighted by molar-refractivity contribution is 5.31. The summed E-state index contributed by atoms with van der Waals surface area (Å²) in [7, 11) is 0. The Labute approximate surface area is 91.1 Å². The first-order valence-corrected chi connectivity index (χ1v) is 5.76. The zero-order valence-corrected chi connectivity index (χ0v) is 9.08. The number of hydrogen-bond donors (Lipinski definition) is 2. The molecule has 2 rings (SSSR count). The highest BCUT2D eigenvalue weighted by atomic mass is 16.3. The molecule has 1 aromatic rings. The molecule has 0 heterocycles. The fourth-order valence-electron chi connectivity index (χ4n) is 1.90. The van der Waals surface area contributed by atoms with Crippen molar-refractivity contribution in [2.75, 3.05) is 6.54 Å². The molecule has 1 saturated carbocycles. The van der Waals surface area contributed by atoms with Crippen LogP contribution in [-0.4, -0.2) is 11.7 Å². The third-order valence-electron chi connectivity index (χ3n) is 3.11. The Morgan fingerprint density at radius 1 is 1.27 bits per heavy atom. The first-order valence-electron chi connectivity index (χ1n) is 5.76. The van der Waals surface area contributed by atoms with Gasteiger partial charge in [-0.3, -0.25) is 0 Å². The lowest BCUT2D eigenvalue weighted by Gasteiger charge is -2.09. The average Bonchev–Trinajstić information content (AvgIpc) is 2.99. The summed E-state index contributed by atoms with van der Waals surface area (Å²) in [5.74, 6) is 0. The minimum atomic E-state index is -0.496. The third kappa shape index (κ3) is 2.58. The predicted molar refractivity (Wildman–Crippen MR) is 61.6 cm³/mol. The van der Waals surface area contributed by atoms with Gasteiger partial charge in [-0.25, -0.2) is 0 Å². The Bertz CT molecular complexity index is 331. The van der Waals surface area contributed by atoms with Gasteiger partial charge in [0.1, 0.15) is 0 Å². The zero-order valence-electron chi connectivity index (χ0n) is 9.08. The van der Waals surface area contributed by atoms with Gasteiger partial charge in [0.05, 0.1) is 5.60 Å². The molecule has 0 spiro atoms. The molecule has 0 atom stereocenters. The minimum absolute atomic E-state index is 0.496. The molecular formula is C13H19NO. The predicted octanol–water partition coefficient (Wildman–Crippen LogP) is 1.95. The monoisotopic (exact) mass is 205 g/mol. The van der Waals surface area contributed by atoms with Crippen molar-refractivity contribution in [2.45, 2.75) is 37.7 Å². The Balaban J connectivity index is 2.00. The van der Waals surface area contributed by atoms with E-state index in [1.165, 1.54) is 5.56 Å². The average molecular weight is 205 g/mol. The van der Waals surface area contributed by atoms with Crippen molar-refractivity contribution in [2.24, 2.45) is 5.73 Å². The summed E-state index contributed by atoms with van der Waals surface area (Å²) >= 11 is 0. The van der Waals surface area contributed by atoms with E-state index in [2.05, 4.69) is 12.1 Å². The first-order chi connectivity index (χ1) is 7.24. The largest absolute Gasteiger partial charge is 0.385 e. The summed E-state index contributed by atoms with van der Waals surface area (Å²) in [6, 6.07) is 8.35. The van der Waals surface area contributed by atoms with Gasteiger partial charge in [-0.2, -0.15) is 0 Å². The first kappa shape index (κ1) is 10.7. The highest BCUT2D eigenvalue weighted by Crippen LogP contribution is 2.45. The lowest BCUT2D eigenvalue weighted by Crippen LogP contribution is -2.04. The normalized spacial score (nSPS) is 17.7. The van der Waals surface area contributed by atoms with Crippen LogP contribution in [0.4, 0.5) is 0 Å². The fraction of sp³-hybridized carbons (Fsp3) is 0.538. The lowest BCUT2D eigenvalue weighted by atomic mass is 10.0. The summed E-state index contributed by atoms with van der Waals surface area (Å²) in [5, 5.41) is 9.98. The van der Waals surface area contributed by atoms with Crippen LogP contribution < -0.4 is 5.73 Å². The van der Waals surface area contributed by atoms with Crippen molar-refractivity contribution in [3.8, 4) is 0 Å². The van der Waals surface area contributed by atoms with Crippen molar-refractivity contribution < 1.29 is 5.11 Å². The second-order valence-corrected chi connectivity index (χ2v) is 4.48. The lowest BCUT2D eigenvalue weighted by molar-refractivity contribution is 0.151. The van der Waals surface area contributed by atoms with Crippen molar-refractivity contribution in [3.63, 3.8) is 0 Å². The van der Waals surface area contributed by atoms with Crippen molar-refractivity contribution in [1.82, 2.24) is 0 Å². The molecule has 0 aliphatic heterocycles. The standard InChI is InChI=1S/C13H19NO/c14-9-2-1-4-11-5-3-6-12(10-11)13(15)7-8-13/h3,5-6,10,15H,1-2,4,7-9,14H2. The molecule has 0 aromatic heterocycles. The van der Waals surface area contributed by atoms with Crippen molar-refractivity contribution >= 4 is 0 Å². The van der Waals surface area contributed by atoms with Crippen molar-refractivity contribution in [3.05, 3.63) is 35.4 Å². The van der Waals surface area contributed by atoms with Gasteiger partial charge in [0.2, 0.25) is 0 Å². The SMILES string of the molecule is NCCCCc1cccc(C2(O)CC2)c1. The molecular weight excluding hydrogens is 186 g/mol. The molecule has 1 aliphatic rings. The third-order valence-corrected chi connectivity index (χ3v) is 3.11. The summed E-state index contributed by atoms with van der Waals surface area (Å²) in [6.07, 6.45) is 5.12. The molecule has 0 saturated heterocycles. The Hall–Kier alpha value is -0.860. The molecule has 2 nitrogen and oxygen atoms in total. The molecule has 1 aliphatic carbocycles. The van der Waals surface area contributed by atoms with Gasteiger partial charge in [0, 0.05) is 0 Å². The highest BCUT2D eigenvalue weighted by Gasteiger charge is 2.41. The number of rotatable bonds is 5. The van der Waals surface area contributed by atoms with Gasteiger partial charge in [0.15, 0.2) is 0 Å². The van der Waals surface area contributed by atoms with E-state index in [-0.39, 0.29) is 0 Å². The van der Waals surface area contributed by atoms with Crippen LogP contribution in [0.1, 0.15) is 36.8 Å². The summed E-state index contributed by atoms with van der Waals surface area (Å²) in [6.45, 7) is 0.767. The minimum Gasteiger partial charge on any atom is -0.385 e. The Kier molecular flexibility index (Phi) is 3.08. The molecule has 82 valence electrons. The van der Waals surface area contributed by atoms with E-state index in [1.54, 1.807) is 0 Å². The maximum absolute atomic E-state index is 9.98. The van der Waals surface area contributed by atoms with Crippen LogP contribution in [0.3, 0.4) is 0 Å². The van der Waals surface area contributed by atoms with Crippen LogP contribution in [0.5, 0.6) is 0 Å². The van der Waals surface area contributed by atoms with Gasteiger partial charge in [-0.05, 0) is 49.8 Å². The fourth-order valence-corrected chi connectivity index (χ4v) is 1.90. The number of nitrogens with two attached hydrogens (primary N) is 1. The van der Waals surface area contributed by atoms with Crippen LogP contribution in [0.25, 0.3) is 0 Å². The van der Waals surface area contributed by atoms with E-state index in [9.17, 15) is 5.11 Å². The van der Waals surface area contributed by atoms with Gasteiger partial charge in [-0.1, -0.05) is 24.3 Å². The van der Waals surface area contributed by atoms with Crippen molar-refractivity contribution in [1.29, 1.82) is 0 Å². The Morgan fingerprint density at radius 3 is 2.73 bits per heavy atom. The summed E-state index contributed by atoms with van der Waals surface area (Å²) in [5.41, 5.74) is 7.38. The van der Waals surface area contributed by atoms with E-state index in [4.69, 9.17) is 5.73 Å².